The van der Waals surface area contributed by atoms with Crippen LogP contribution in [0.2, 0.25) is 0 Å². The van der Waals surface area contributed by atoms with Crippen LogP contribution in [-0.4, -0.2) is 44.0 Å². The lowest BCUT2D eigenvalue weighted by Gasteiger charge is -2.26. The summed E-state index contributed by atoms with van der Waals surface area (Å²) in [5, 5.41) is 5.86. The molecular formula is C21H36N4O2. The van der Waals surface area contributed by atoms with Crippen molar-refractivity contribution >= 4 is 23.3 Å². The summed E-state index contributed by atoms with van der Waals surface area (Å²) in [6, 6.07) is 5.81. The quantitative estimate of drug-likeness (QED) is 0.719. The van der Waals surface area contributed by atoms with E-state index in [-0.39, 0.29) is 17.4 Å². The first kappa shape index (κ1) is 22.8. The maximum absolute atomic E-state index is 12.4. The Balaban J connectivity index is 3.07. The number of rotatable bonds is 8. The van der Waals surface area contributed by atoms with Crippen molar-refractivity contribution < 1.29 is 9.59 Å². The molecule has 3 amide bonds. The van der Waals surface area contributed by atoms with E-state index in [1.807, 2.05) is 69.8 Å². The number of anilines is 2. The number of benzene rings is 1. The van der Waals surface area contributed by atoms with Gasteiger partial charge in [0.05, 0.1) is 0 Å². The Kier molecular flexibility index (Phi) is 8.60. The van der Waals surface area contributed by atoms with Crippen LogP contribution < -0.4 is 15.5 Å². The van der Waals surface area contributed by atoms with Gasteiger partial charge in [-0.1, -0.05) is 27.7 Å². The molecule has 0 saturated heterocycles. The Labute approximate surface area is 164 Å². The molecule has 0 saturated carbocycles. The van der Waals surface area contributed by atoms with Gasteiger partial charge in [-0.25, -0.2) is 4.79 Å². The van der Waals surface area contributed by atoms with E-state index in [4.69, 9.17) is 0 Å². The maximum atomic E-state index is 12.4. The van der Waals surface area contributed by atoms with Crippen LogP contribution in [0.15, 0.2) is 18.2 Å². The van der Waals surface area contributed by atoms with Gasteiger partial charge in [-0.15, -0.1) is 0 Å². The zero-order valence-electron chi connectivity index (χ0n) is 18.0. The summed E-state index contributed by atoms with van der Waals surface area (Å²) in [5.41, 5.74) is 2.74. The molecule has 0 aliphatic heterocycles. The highest BCUT2D eigenvalue weighted by atomic mass is 16.2. The molecular weight excluding hydrogens is 340 g/mol. The highest BCUT2D eigenvalue weighted by molar-refractivity contribution is 5.91. The lowest BCUT2D eigenvalue weighted by molar-refractivity contribution is -0.117. The van der Waals surface area contributed by atoms with Gasteiger partial charge in [0.15, 0.2) is 0 Å². The van der Waals surface area contributed by atoms with Gasteiger partial charge >= 0.3 is 6.03 Å². The number of urea groups is 1. The summed E-state index contributed by atoms with van der Waals surface area (Å²) >= 11 is 0. The van der Waals surface area contributed by atoms with E-state index in [0.717, 1.165) is 23.4 Å². The first-order valence-electron chi connectivity index (χ1n) is 9.70. The van der Waals surface area contributed by atoms with Crippen molar-refractivity contribution in [1.29, 1.82) is 0 Å². The van der Waals surface area contributed by atoms with E-state index >= 15 is 0 Å². The fourth-order valence-corrected chi connectivity index (χ4v) is 2.90. The number of hydrogen-bond donors (Lipinski definition) is 2. The average molecular weight is 377 g/mol. The number of hydrogen-bond acceptors (Lipinski definition) is 3. The summed E-state index contributed by atoms with van der Waals surface area (Å²) in [5.74, 6) is 0.000179. The Morgan fingerprint density at radius 3 is 2.30 bits per heavy atom. The van der Waals surface area contributed by atoms with E-state index in [1.165, 1.54) is 0 Å². The fraction of sp³-hybridized carbons (Fsp3) is 0.619. The smallest absolute Gasteiger partial charge is 0.317 e. The highest BCUT2D eigenvalue weighted by Crippen LogP contribution is 2.26. The Morgan fingerprint density at radius 1 is 1.11 bits per heavy atom. The molecule has 1 aromatic rings. The van der Waals surface area contributed by atoms with Crippen molar-refractivity contribution in [3.63, 3.8) is 0 Å². The van der Waals surface area contributed by atoms with Gasteiger partial charge in [-0.2, -0.15) is 0 Å². The predicted octanol–water partition coefficient (Wildman–Crippen LogP) is 4.07. The van der Waals surface area contributed by atoms with Crippen molar-refractivity contribution in [2.75, 3.05) is 37.4 Å². The van der Waals surface area contributed by atoms with Gasteiger partial charge in [0.25, 0.3) is 0 Å². The van der Waals surface area contributed by atoms with Gasteiger partial charge in [-0.05, 0) is 42.5 Å². The lowest BCUT2D eigenvalue weighted by Crippen LogP contribution is -2.40. The minimum atomic E-state index is -0.0637. The fourth-order valence-electron chi connectivity index (χ4n) is 2.90. The second kappa shape index (κ2) is 10.2. The molecule has 6 heteroatoms. The van der Waals surface area contributed by atoms with E-state index in [9.17, 15) is 9.59 Å². The number of amides is 3. The number of carbonyl (C=O) groups is 2. The Bertz CT molecular complexity index is 636. The average Bonchev–Trinajstić information content (AvgIpc) is 2.52. The van der Waals surface area contributed by atoms with Gasteiger partial charge in [0.2, 0.25) is 5.91 Å². The largest absolute Gasteiger partial charge is 0.377 e. The second-order valence-electron chi connectivity index (χ2n) is 8.28. The molecule has 2 N–H and O–H groups in total. The van der Waals surface area contributed by atoms with Gasteiger partial charge in [-0.3, -0.25) is 4.79 Å². The SMILES string of the molecule is CCCN(Cc1cc(NC(=O)CC(C)(C)C)ccc1N(C)C)C(=O)NCC. The van der Waals surface area contributed by atoms with Crippen molar-refractivity contribution in [1.82, 2.24) is 10.2 Å². The number of nitrogens with zero attached hydrogens (tertiary/aromatic N) is 2. The van der Waals surface area contributed by atoms with Crippen molar-refractivity contribution in [2.24, 2.45) is 5.41 Å². The third-order valence-corrected chi connectivity index (χ3v) is 4.01. The van der Waals surface area contributed by atoms with Crippen LogP contribution in [0.4, 0.5) is 16.2 Å². The molecule has 0 aliphatic carbocycles. The monoisotopic (exact) mass is 376 g/mol. The van der Waals surface area contributed by atoms with Gasteiger partial charge in [0.1, 0.15) is 0 Å². The molecule has 152 valence electrons. The summed E-state index contributed by atoms with van der Waals surface area (Å²) in [6.45, 7) is 11.9. The molecule has 27 heavy (non-hydrogen) atoms. The van der Waals surface area contributed by atoms with Crippen molar-refractivity contribution in [3.05, 3.63) is 23.8 Å². The zero-order valence-corrected chi connectivity index (χ0v) is 18.0. The summed E-state index contributed by atoms with van der Waals surface area (Å²) in [7, 11) is 3.96. The van der Waals surface area contributed by atoms with Gasteiger partial charge < -0.3 is 20.4 Å². The van der Waals surface area contributed by atoms with Crippen LogP contribution in [0.3, 0.4) is 0 Å². The van der Waals surface area contributed by atoms with Crippen LogP contribution in [0, 0.1) is 5.41 Å². The first-order valence-corrected chi connectivity index (χ1v) is 9.70. The van der Waals surface area contributed by atoms with Crippen LogP contribution in [0.25, 0.3) is 0 Å². The third-order valence-electron chi connectivity index (χ3n) is 4.01. The molecule has 0 aliphatic rings. The molecule has 0 aromatic heterocycles. The number of nitrogens with one attached hydrogen (secondary N) is 2. The predicted molar refractivity (Wildman–Crippen MR) is 113 cm³/mol. The Morgan fingerprint density at radius 2 is 1.78 bits per heavy atom. The highest BCUT2D eigenvalue weighted by Gasteiger charge is 2.18. The molecule has 0 radical (unpaired) electrons. The van der Waals surface area contributed by atoms with Crippen LogP contribution in [-0.2, 0) is 11.3 Å². The maximum Gasteiger partial charge on any atom is 0.317 e. The summed E-state index contributed by atoms with van der Waals surface area (Å²) in [4.78, 5) is 28.5. The first-order chi connectivity index (χ1) is 12.6. The molecule has 6 nitrogen and oxygen atoms in total. The third kappa shape index (κ3) is 7.89. The van der Waals surface area contributed by atoms with Crippen LogP contribution in [0.1, 0.15) is 53.0 Å². The van der Waals surface area contributed by atoms with E-state index in [1.54, 1.807) is 0 Å². The van der Waals surface area contributed by atoms with E-state index in [2.05, 4.69) is 17.6 Å². The molecule has 0 spiro atoms. The molecule has 0 heterocycles. The zero-order chi connectivity index (χ0) is 20.6. The lowest BCUT2D eigenvalue weighted by atomic mass is 9.92. The standard InChI is InChI=1S/C21H36N4O2/c1-8-12-25(20(27)22-9-2)15-16-13-17(10-11-18(16)24(6)7)23-19(26)14-21(3,4)5/h10-11,13H,8-9,12,14-15H2,1-7H3,(H,22,27)(H,23,26). The molecule has 0 fully saturated rings. The van der Waals surface area contributed by atoms with Crippen LogP contribution >= 0.6 is 0 Å². The molecule has 0 atom stereocenters. The molecule has 0 unspecified atom stereocenters. The van der Waals surface area contributed by atoms with Crippen molar-refractivity contribution in [3.8, 4) is 0 Å². The van der Waals surface area contributed by atoms with Crippen LogP contribution in [0.5, 0.6) is 0 Å². The second-order valence-corrected chi connectivity index (χ2v) is 8.28. The Hall–Kier alpha value is -2.24. The minimum absolute atomic E-state index is 0.000179. The molecule has 0 bridgehead atoms. The topological polar surface area (TPSA) is 64.7 Å². The normalized spacial score (nSPS) is 11.1. The van der Waals surface area contributed by atoms with E-state index < -0.39 is 0 Å². The van der Waals surface area contributed by atoms with Crippen molar-refractivity contribution in [2.45, 2.75) is 54.0 Å². The van der Waals surface area contributed by atoms with Gasteiger partial charge in [0, 0.05) is 51.5 Å². The summed E-state index contributed by atoms with van der Waals surface area (Å²) < 4.78 is 0. The summed E-state index contributed by atoms with van der Waals surface area (Å²) in [6.07, 6.45) is 1.34. The molecule has 1 aromatic carbocycles. The van der Waals surface area contributed by atoms with E-state index in [0.29, 0.717) is 26.1 Å². The minimum Gasteiger partial charge on any atom is -0.377 e. The molecule has 1 rings (SSSR count). The number of carbonyl (C=O) groups excluding carboxylic acids is 2.